The molecule has 1 aromatic rings. The van der Waals surface area contributed by atoms with Crippen molar-refractivity contribution in [2.75, 3.05) is 0 Å². The van der Waals surface area contributed by atoms with Gasteiger partial charge in [-0.25, -0.2) is 13.1 Å². The second kappa shape index (κ2) is 3.58. The zero-order chi connectivity index (χ0) is 11.1. The average molecular weight is 231 g/mol. The van der Waals surface area contributed by atoms with Gasteiger partial charge in [0.25, 0.3) is 0 Å². The van der Waals surface area contributed by atoms with Gasteiger partial charge in [0.05, 0.1) is 0 Å². The van der Waals surface area contributed by atoms with Crippen molar-refractivity contribution in [1.82, 2.24) is 9.88 Å². The second-order valence-electron chi connectivity index (χ2n) is 3.81. The van der Waals surface area contributed by atoms with Crippen molar-refractivity contribution in [3.63, 3.8) is 0 Å². The number of hydrogen-bond acceptors (Lipinski definition) is 5. The van der Waals surface area contributed by atoms with Gasteiger partial charge in [-0.2, -0.15) is 0 Å². The lowest BCUT2D eigenvalue weighted by atomic mass is 10.4. The fraction of sp³-hybridized carbons (Fsp3) is 0.625. The number of hydrogen-bond donors (Lipinski definition) is 2. The topological polar surface area (TPSA) is 98.2 Å². The molecule has 0 spiro atoms. The van der Waals surface area contributed by atoms with Crippen molar-refractivity contribution < 1.29 is 12.9 Å². The van der Waals surface area contributed by atoms with Gasteiger partial charge in [0, 0.05) is 18.2 Å². The smallest absolute Gasteiger partial charge is 0.217 e. The van der Waals surface area contributed by atoms with E-state index in [1.165, 1.54) is 0 Å². The van der Waals surface area contributed by atoms with Crippen LogP contribution < -0.4 is 10.5 Å². The fourth-order valence-corrected chi connectivity index (χ4v) is 2.64. The number of aromatic nitrogens is 1. The van der Waals surface area contributed by atoms with Crippen LogP contribution in [0.3, 0.4) is 0 Å². The number of nitrogens with one attached hydrogen (secondary N) is 1. The molecule has 1 aliphatic rings. The average Bonchev–Trinajstić information content (AvgIpc) is 2.57. The molecule has 2 atom stereocenters. The molecule has 1 aromatic heterocycles. The van der Waals surface area contributed by atoms with Crippen LogP contribution in [0.5, 0.6) is 0 Å². The molecule has 1 heterocycles. The van der Waals surface area contributed by atoms with Crippen molar-refractivity contribution in [2.45, 2.75) is 31.2 Å². The number of nitrogens with zero attached hydrogens (tertiary/aromatic N) is 1. The van der Waals surface area contributed by atoms with Crippen molar-refractivity contribution in [1.29, 1.82) is 0 Å². The molecule has 3 N–H and O–H groups in total. The van der Waals surface area contributed by atoms with Crippen molar-refractivity contribution >= 4 is 10.0 Å². The van der Waals surface area contributed by atoms with E-state index in [2.05, 4.69) is 9.88 Å². The standard InChI is InChI=1S/C8H13N3O3S/c1-5-2-6(10-14-5)4-15(12,13)11-8-3-7(8)9/h2,7-8,11H,3-4,9H2,1H3. The van der Waals surface area contributed by atoms with E-state index in [4.69, 9.17) is 10.3 Å². The Labute approximate surface area is 87.9 Å². The van der Waals surface area contributed by atoms with Gasteiger partial charge in [-0.3, -0.25) is 0 Å². The van der Waals surface area contributed by atoms with E-state index in [-0.39, 0.29) is 17.8 Å². The number of sulfonamides is 1. The fourth-order valence-electron chi connectivity index (χ4n) is 1.30. The van der Waals surface area contributed by atoms with Gasteiger partial charge in [-0.15, -0.1) is 0 Å². The highest BCUT2D eigenvalue weighted by atomic mass is 32.2. The van der Waals surface area contributed by atoms with Gasteiger partial charge in [0.15, 0.2) is 0 Å². The summed E-state index contributed by atoms with van der Waals surface area (Å²) in [4.78, 5) is 0. The van der Waals surface area contributed by atoms with Gasteiger partial charge in [0.1, 0.15) is 17.2 Å². The molecule has 0 radical (unpaired) electrons. The molecule has 6 nitrogen and oxygen atoms in total. The minimum atomic E-state index is -3.34. The molecule has 0 aromatic carbocycles. The maximum atomic E-state index is 11.6. The van der Waals surface area contributed by atoms with Gasteiger partial charge in [-0.05, 0) is 13.3 Å². The molecule has 2 rings (SSSR count). The minimum Gasteiger partial charge on any atom is -0.361 e. The first kappa shape index (κ1) is 10.6. The summed E-state index contributed by atoms with van der Waals surface area (Å²) in [7, 11) is -3.34. The van der Waals surface area contributed by atoms with Crippen LogP contribution in [0.25, 0.3) is 0 Å². The maximum Gasteiger partial charge on any atom is 0.217 e. The van der Waals surface area contributed by atoms with E-state index in [9.17, 15) is 8.42 Å². The Morgan fingerprint density at radius 1 is 1.73 bits per heavy atom. The van der Waals surface area contributed by atoms with E-state index in [0.29, 0.717) is 17.9 Å². The summed E-state index contributed by atoms with van der Waals surface area (Å²) in [6.07, 6.45) is 0.705. The summed E-state index contributed by atoms with van der Waals surface area (Å²) in [6.45, 7) is 1.72. The maximum absolute atomic E-state index is 11.6. The molecule has 2 unspecified atom stereocenters. The third-order valence-corrected chi connectivity index (χ3v) is 3.52. The number of aryl methyl sites for hydroxylation is 1. The highest BCUT2D eigenvalue weighted by Gasteiger charge is 2.36. The summed E-state index contributed by atoms with van der Waals surface area (Å²) < 4.78 is 30.4. The molecule has 0 bridgehead atoms. The molecule has 1 aliphatic carbocycles. The van der Waals surface area contributed by atoms with E-state index >= 15 is 0 Å². The molecule has 15 heavy (non-hydrogen) atoms. The van der Waals surface area contributed by atoms with Crippen LogP contribution in [0.1, 0.15) is 17.9 Å². The summed E-state index contributed by atoms with van der Waals surface area (Å²) in [5.41, 5.74) is 5.92. The van der Waals surface area contributed by atoms with Crippen LogP contribution in [0.2, 0.25) is 0 Å². The van der Waals surface area contributed by atoms with Crippen molar-refractivity contribution in [2.24, 2.45) is 5.73 Å². The Bertz CT molecular complexity index is 453. The lowest BCUT2D eigenvalue weighted by Gasteiger charge is -2.02. The molecule has 1 fully saturated rings. The summed E-state index contributed by atoms with van der Waals surface area (Å²) >= 11 is 0. The predicted molar refractivity (Wildman–Crippen MR) is 53.4 cm³/mol. The summed E-state index contributed by atoms with van der Waals surface area (Å²) in [6, 6.07) is 1.45. The zero-order valence-corrected chi connectivity index (χ0v) is 9.12. The Morgan fingerprint density at radius 3 is 2.87 bits per heavy atom. The second-order valence-corrected chi connectivity index (χ2v) is 5.57. The van der Waals surface area contributed by atoms with E-state index in [1.807, 2.05) is 0 Å². The molecule has 0 amide bonds. The Morgan fingerprint density at radius 2 is 2.40 bits per heavy atom. The third kappa shape index (κ3) is 2.77. The molecule has 0 saturated heterocycles. The number of nitrogens with two attached hydrogens (primary N) is 1. The van der Waals surface area contributed by atoms with Crippen LogP contribution in [-0.2, 0) is 15.8 Å². The molecular formula is C8H13N3O3S. The lowest BCUT2D eigenvalue weighted by Crippen LogP contribution is -2.30. The van der Waals surface area contributed by atoms with Crippen LogP contribution >= 0.6 is 0 Å². The molecule has 0 aliphatic heterocycles. The predicted octanol–water partition coefficient (Wildman–Crippen LogP) is -0.498. The van der Waals surface area contributed by atoms with Gasteiger partial charge >= 0.3 is 0 Å². The summed E-state index contributed by atoms with van der Waals surface area (Å²) in [5.74, 6) is 0.441. The lowest BCUT2D eigenvalue weighted by molar-refractivity contribution is 0.392. The van der Waals surface area contributed by atoms with Crippen LogP contribution in [-0.4, -0.2) is 25.7 Å². The first-order chi connectivity index (χ1) is 6.96. The molecule has 7 heteroatoms. The van der Waals surface area contributed by atoms with Crippen molar-refractivity contribution in [3.05, 3.63) is 17.5 Å². The molecule has 1 saturated carbocycles. The quantitative estimate of drug-likeness (QED) is 0.728. The monoisotopic (exact) mass is 231 g/mol. The third-order valence-electron chi connectivity index (χ3n) is 2.19. The Hall–Kier alpha value is -0.920. The van der Waals surface area contributed by atoms with Crippen LogP contribution in [0.15, 0.2) is 10.6 Å². The van der Waals surface area contributed by atoms with Gasteiger partial charge in [-0.1, -0.05) is 5.16 Å². The van der Waals surface area contributed by atoms with Gasteiger partial charge in [0.2, 0.25) is 10.0 Å². The highest BCUT2D eigenvalue weighted by molar-refractivity contribution is 7.88. The highest BCUT2D eigenvalue weighted by Crippen LogP contribution is 2.19. The van der Waals surface area contributed by atoms with E-state index in [1.54, 1.807) is 13.0 Å². The Balaban J connectivity index is 1.98. The van der Waals surface area contributed by atoms with E-state index < -0.39 is 10.0 Å². The van der Waals surface area contributed by atoms with Gasteiger partial charge < -0.3 is 10.3 Å². The first-order valence-corrected chi connectivity index (χ1v) is 6.29. The van der Waals surface area contributed by atoms with E-state index in [0.717, 1.165) is 0 Å². The normalized spacial score (nSPS) is 25.5. The Kier molecular flexibility index (Phi) is 2.53. The summed E-state index contributed by atoms with van der Waals surface area (Å²) in [5, 5.41) is 3.62. The van der Waals surface area contributed by atoms with Crippen molar-refractivity contribution in [3.8, 4) is 0 Å². The molecule has 84 valence electrons. The molecular weight excluding hydrogens is 218 g/mol. The van der Waals surface area contributed by atoms with Crippen LogP contribution in [0.4, 0.5) is 0 Å². The SMILES string of the molecule is Cc1cc(CS(=O)(=O)NC2CC2N)no1. The first-order valence-electron chi connectivity index (χ1n) is 4.64. The minimum absolute atomic E-state index is 0.0428. The zero-order valence-electron chi connectivity index (χ0n) is 8.30. The number of rotatable bonds is 4. The van der Waals surface area contributed by atoms with Crippen LogP contribution in [0, 0.1) is 6.92 Å². The largest absolute Gasteiger partial charge is 0.361 e.